The maximum Gasteiger partial charge on any atom is 0.335 e. The van der Waals surface area contributed by atoms with Crippen LogP contribution in [0.3, 0.4) is 0 Å². The molecule has 0 radical (unpaired) electrons. The molecular weight excluding hydrogens is 421 g/mol. The number of methoxy groups -OCH3 is 1. The van der Waals surface area contributed by atoms with Crippen LogP contribution in [-0.2, 0) is 10.2 Å². The van der Waals surface area contributed by atoms with Crippen LogP contribution in [0.1, 0.15) is 35.5 Å². The second-order valence-electron chi connectivity index (χ2n) is 8.78. The second-order valence-corrected chi connectivity index (χ2v) is 8.78. The minimum atomic E-state index is -0.998. The van der Waals surface area contributed by atoms with Gasteiger partial charge in [-0.3, -0.25) is 0 Å². The van der Waals surface area contributed by atoms with E-state index in [1.54, 1.807) is 50.6 Å². The summed E-state index contributed by atoms with van der Waals surface area (Å²) in [6.45, 7) is 6.28. The van der Waals surface area contributed by atoms with Gasteiger partial charge in [0, 0.05) is 41.1 Å². The lowest BCUT2D eigenvalue weighted by Gasteiger charge is -2.28. The third-order valence-electron chi connectivity index (χ3n) is 5.87. The van der Waals surface area contributed by atoms with Gasteiger partial charge in [0.15, 0.2) is 0 Å². The number of aryl methyl sites for hydroxylation is 1. The van der Waals surface area contributed by atoms with Crippen molar-refractivity contribution in [1.29, 1.82) is 0 Å². The molecule has 7 heteroatoms. The van der Waals surface area contributed by atoms with E-state index in [0.717, 1.165) is 27.9 Å². The molecule has 2 heterocycles. The van der Waals surface area contributed by atoms with Gasteiger partial charge in [0.1, 0.15) is 11.6 Å². The molecule has 0 aliphatic heterocycles. The monoisotopic (exact) mass is 447 g/mol. The Balaban J connectivity index is 2.16. The summed E-state index contributed by atoms with van der Waals surface area (Å²) in [5, 5.41) is 10.2. The number of fused-ring (bicyclic) bond motifs is 1. The van der Waals surface area contributed by atoms with Gasteiger partial charge in [0.25, 0.3) is 0 Å². The largest absolute Gasteiger partial charge is 0.478 e. The highest BCUT2D eigenvalue weighted by molar-refractivity contribution is 6.04. The number of pyridine rings is 1. The van der Waals surface area contributed by atoms with Crippen LogP contribution in [0.2, 0.25) is 0 Å². The van der Waals surface area contributed by atoms with Gasteiger partial charge in [-0.05, 0) is 60.5 Å². The third kappa shape index (κ3) is 3.85. The van der Waals surface area contributed by atoms with Crippen LogP contribution in [0.15, 0.2) is 54.7 Å². The van der Waals surface area contributed by atoms with Crippen molar-refractivity contribution in [2.75, 3.05) is 19.5 Å². The molecule has 0 saturated heterocycles. The normalized spacial score (nSPS) is 11.8. The van der Waals surface area contributed by atoms with Gasteiger partial charge in [-0.25, -0.2) is 14.2 Å². The molecule has 4 rings (SSSR count). The summed E-state index contributed by atoms with van der Waals surface area (Å²) in [5.41, 5.74) is 10.8. The SMILES string of the molecule is COCC(C)(C)c1c(-c2ccc(F)c(C)c2)c2ccnc(N)c2n1-c1ccc(C(=O)O)cc1. The highest BCUT2D eigenvalue weighted by atomic mass is 19.1. The average molecular weight is 448 g/mol. The molecule has 0 unspecified atom stereocenters. The number of anilines is 1. The second kappa shape index (κ2) is 8.33. The predicted octanol–water partition coefficient (Wildman–Crippen LogP) is 5.34. The molecule has 33 heavy (non-hydrogen) atoms. The molecule has 0 fully saturated rings. The van der Waals surface area contributed by atoms with Gasteiger partial charge in [-0.15, -0.1) is 0 Å². The first-order valence-electron chi connectivity index (χ1n) is 10.5. The van der Waals surface area contributed by atoms with E-state index in [1.165, 1.54) is 6.07 Å². The van der Waals surface area contributed by atoms with Crippen LogP contribution in [0, 0.1) is 12.7 Å². The maximum absolute atomic E-state index is 14.1. The molecule has 2 aromatic carbocycles. The Hall–Kier alpha value is -3.71. The summed E-state index contributed by atoms with van der Waals surface area (Å²) in [7, 11) is 1.65. The molecule has 0 atom stereocenters. The van der Waals surface area contributed by atoms with Crippen LogP contribution in [-0.4, -0.2) is 34.3 Å². The number of ether oxygens (including phenoxy) is 1. The molecule has 0 amide bonds. The number of aromatic carboxylic acids is 1. The lowest BCUT2D eigenvalue weighted by molar-refractivity contribution is 0.0697. The summed E-state index contributed by atoms with van der Waals surface area (Å²) in [4.78, 5) is 15.7. The minimum absolute atomic E-state index is 0.188. The lowest BCUT2D eigenvalue weighted by atomic mass is 9.84. The fraction of sp³-hybridized carbons (Fsp3) is 0.231. The van der Waals surface area contributed by atoms with Crippen molar-refractivity contribution in [2.45, 2.75) is 26.2 Å². The van der Waals surface area contributed by atoms with Crippen LogP contribution in [0.4, 0.5) is 10.2 Å². The number of hydrogen-bond donors (Lipinski definition) is 2. The molecule has 0 spiro atoms. The molecule has 0 aliphatic carbocycles. The Bertz CT molecular complexity index is 1360. The number of halogens is 1. The zero-order chi connectivity index (χ0) is 23.9. The summed E-state index contributed by atoms with van der Waals surface area (Å²) in [6.07, 6.45) is 1.66. The molecule has 2 aromatic heterocycles. The van der Waals surface area contributed by atoms with Crippen molar-refractivity contribution in [3.8, 4) is 16.8 Å². The van der Waals surface area contributed by atoms with E-state index in [0.29, 0.717) is 23.5 Å². The smallest absolute Gasteiger partial charge is 0.335 e. The Morgan fingerprint density at radius 3 is 2.48 bits per heavy atom. The summed E-state index contributed by atoms with van der Waals surface area (Å²) < 4.78 is 21.7. The molecule has 4 aromatic rings. The van der Waals surface area contributed by atoms with Crippen molar-refractivity contribution in [3.05, 3.63) is 77.4 Å². The predicted molar refractivity (Wildman–Crippen MR) is 127 cm³/mol. The molecule has 0 saturated carbocycles. The molecule has 0 aliphatic rings. The van der Waals surface area contributed by atoms with Crippen molar-refractivity contribution >= 4 is 22.7 Å². The standard InChI is InChI=1S/C26H26FN3O3/c1-15-13-17(7-10-20(15)27)21-19-11-12-29-24(28)22(19)30(23(21)26(2,3)14-33-4)18-8-5-16(6-9-18)25(31)32/h5-13H,14H2,1-4H3,(H2,28,29)(H,31,32). The fourth-order valence-electron chi connectivity index (χ4n) is 4.43. The summed E-state index contributed by atoms with van der Waals surface area (Å²) in [5.74, 6) is -0.928. The molecule has 170 valence electrons. The quantitative estimate of drug-likeness (QED) is 0.416. The van der Waals surface area contributed by atoms with Gasteiger partial charge < -0.3 is 20.1 Å². The molecule has 3 N–H and O–H groups in total. The zero-order valence-electron chi connectivity index (χ0n) is 19.0. The van der Waals surface area contributed by atoms with Crippen molar-refractivity contribution < 1.29 is 19.0 Å². The van der Waals surface area contributed by atoms with E-state index < -0.39 is 11.4 Å². The Morgan fingerprint density at radius 2 is 1.88 bits per heavy atom. The van der Waals surface area contributed by atoms with E-state index in [9.17, 15) is 14.3 Å². The first-order valence-corrected chi connectivity index (χ1v) is 10.5. The van der Waals surface area contributed by atoms with E-state index in [2.05, 4.69) is 18.8 Å². The number of aromatic nitrogens is 2. The van der Waals surface area contributed by atoms with Gasteiger partial charge in [-0.2, -0.15) is 0 Å². The first-order chi connectivity index (χ1) is 15.7. The van der Waals surface area contributed by atoms with E-state index in [1.807, 2.05) is 16.7 Å². The molecular formula is C26H26FN3O3. The van der Waals surface area contributed by atoms with Crippen LogP contribution in [0.25, 0.3) is 27.7 Å². The summed E-state index contributed by atoms with van der Waals surface area (Å²) >= 11 is 0. The first kappa shape index (κ1) is 22.5. The highest BCUT2D eigenvalue weighted by Crippen LogP contribution is 2.44. The van der Waals surface area contributed by atoms with Crippen LogP contribution < -0.4 is 5.73 Å². The molecule has 0 bridgehead atoms. The average Bonchev–Trinajstić information content (AvgIpc) is 3.13. The van der Waals surface area contributed by atoms with E-state index in [-0.39, 0.29) is 11.4 Å². The third-order valence-corrected chi connectivity index (χ3v) is 5.87. The number of hydrogen-bond acceptors (Lipinski definition) is 4. The Labute approximate surface area is 191 Å². The van der Waals surface area contributed by atoms with Gasteiger partial charge >= 0.3 is 5.97 Å². The maximum atomic E-state index is 14.1. The topological polar surface area (TPSA) is 90.4 Å². The van der Waals surface area contributed by atoms with Crippen LogP contribution >= 0.6 is 0 Å². The van der Waals surface area contributed by atoms with Crippen LogP contribution in [0.5, 0.6) is 0 Å². The van der Waals surface area contributed by atoms with Gasteiger partial charge in [0.2, 0.25) is 0 Å². The van der Waals surface area contributed by atoms with Crippen molar-refractivity contribution in [3.63, 3.8) is 0 Å². The Kier molecular flexibility index (Phi) is 5.68. The van der Waals surface area contributed by atoms with Gasteiger partial charge in [0.05, 0.1) is 17.7 Å². The summed E-state index contributed by atoms with van der Waals surface area (Å²) in [6, 6.07) is 13.6. The van der Waals surface area contributed by atoms with Crippen molar-refractivity contribution in [2.24, 2.45) is 0 Å². The zero-order valence-corrected chi connectivity index (χ0v) is 19.0. The Morgan fingerprint density at radius 1 is 1.18 bits per heavy atom. The number of nitrogen functional groups attached to an aromatic ring is 1. The van der Waals surface area contributed by atoms with E-state index in [4.69, 9.17) is 10.5 Å². The number of nitrogens with two attached hydrogens (primary N) is 1. The fourth-order valence-corrected chi connectivity index (χ4v) is 4.43. The highest BCUT2D eigenvalue weighted by Gasteiger charge is 2.33. The minimum Gasteiger partial charge on any atom is -0.478 e. The van der Waals surface area contributed by atoms with Gasteiger partial charge in [-0.1, -0.05) is 19.9 Å². The lowest BCUT2D eigenvalue weighted by Crippen LogP contribution is -2.27. The molecule has 6 nitrogen and oxygen atoms in total. The number of carboxylic acids is 1. The van der Waals surface area contributed by atoms with Crippen molar-refractivity contribution in [1.82, 2.24) is 9.55 Å². The van der Waals surface area contributed by atoms with E-state index >= 15 is 0 Å². The number of carboxylic acid groups (broad SMARTS) is 1. The number of rotatable bonds is 6. The number of nitrogens with zero attached hydrogens (tertiary/aromatic N) is 2. The number of benzene rings is 2. The number of carbonyl (C=O) groups is 1.